The number of ether oxygens (including phenoxy) is 3. The van der Waals surface area contributed by atoms with E-state index in [9.17, 15) is 27.7 Å². The van der Waals surface area contributed by atoms with Gasteiger partial charge in [-0.2, -0.15) is 0 Å². The molecule has 4 rings (SSSR count). The highest BCUT2D eigenvalue weighted by molar-refractivity contribution is 5.63. The first kappa shape index (κ1) is 21.5. The van der Waals surface area contributed by atoms with Crippen LogP contribution in [0, 0.1) is 15.9 Å². The van der Waals surface area contributed by atoms with Crippen LogP contribution in [-0.2, 0) is 17.9 Å². The molecule has 0 saturated carbocycles. The van der Waals surface area contributed by atoms with E-state index in [1.165, 1.54) is 23.0 Å². The van der Waals surface area contributed by atoms with Crippen molar-refractivity contribution in [3.8, 4) is 22.9 Å². The zero-order valence-corrected chi connectivity index (χ0v) is 16.1. The second-order valence-electron chi connectivity index (χ2n) is 6.77. The summed E-state index contributed by atoms with van der Waals surface area (Å²) >= 11 is 0. The summed E-state index contributed by atoms with van der Waals surface area (Å²) in [5.41, 5.74) is 1.36. The standard InChI is InChI=1S/C19H14F4N4O5/c20-15-5-11(2-4-16(15)32-19(21,22)23)12-1-3-13(24-6-12)9-30-14-7-26-8-17(27(28)29)25-18(26)31-10-14/h1-6,8,14H,7,9-10H2/t14-/m0/s1. The Hall–Kier alpha value is -3.74. The normalized spacial score (nSPS) is 15.7. The van der Waals surface area contributed by atoms with Gasteiger partial charge >= 0.3 is 18.2 Å². The quantitative estimate of drug-likeness (QED) is 0.317. The molecule has 0 N–H and O–H groups in total. The molecule has 1 aromatic carbocycles. The number of hydrogen-bond acceptors (Lipinski definition) is 7. The third-order valence-corrected chi connectivity index (χ3v) is 4.50. The minimum absolute atomic E-state index is 0.118. The number of nitrogens with zero attached hydrogens (tertiary/aromatic N) is 4. The number of pyridine rings is 1. The number of nitro groups is 1. The largest absolute Gasteiger partial charge is 0.573 e. The van der Waals surface area contributed by atoms with Gasteiger partial charge in [0.15, 0.2) is 11.6 Å². The van der Waals surface area contributed by atoms with Crippen molar-refractivity contribution in [2.45, 2.75) is 25.6 Å². The molecular formula is C19H14F4N4O5. The lowest BCUT2D eigenvalue weighted by atomic mass is 10.1. The molecule has 3 heterocycles. The zero-order chi connectivity index (χ0) is 22.9. The van der Waals surface area contributed by atoms with Crippen molar-refractivity contribution in [3.05, 3.63) is 64.4 Å². The second-order valence-corrected chi connectivity index (χ2v) is 6.77. The summed E-state index contributed by atoms with van der Waals surface area (Å²) in [5, 5.41) is 10.8. The van der Waals surface area contributed by atoms with Gasteiger partial charge in [0.05, 0.1) is 18.8 Å². The Kier molecular flexibility index (Phi) is 5.65. The zero-order valence-electron chi connectivity index (χ0n) is 16.1. The van der Waals surface area contributed by atoms with E-state index in [2.05, 4.69) is 14.7 Å². The Morgan fingerprint density at radius 2 is 2.03 bits per heavy atom. The van der Waals surface area contributed by atoms with Crippen LogP contribution in [0.25, 0.3) is 11.1 Å². The highest BCUT2D eigenvalue weighted by Crippen LogP contribution is 2.29. The Balaban J connectivity index is 1.36. The Morgan fingerprint density at radius 3 is 2.69 bits per heavy atom. The van der Waals surface area contributed by atoms with Crippen LogP contribution < -0.4 is 9.47 Å². The second kappa shape index (κ2) is 8.42. The van der Waals surface area contributed by atoms with Crippen LogP contribution in [0.2, 0.25) is 0 Å². The number of aromatic nitrogens is 3. The van der Waals surface area contributed by atoms with E-state index in [1.54, 1.807) is 12.1 Å². The van der Waals surface area contributed by atoms with E-state index in [-0.39, 0.29) is 31.1 Å². The summed E-state index contributed by atoms with van der Waals surface area (Å²) in [5.74, 6) is -2.38. The molecule has 0 bridgehead atoms. The van der Waals surface area contributed by atoms with Crippen LogP contribution in [0.3, 0.4) is 0 Å². The minimum Gasteiger partial charge on any atom is -0.443 e. The summed E-state index contributed by atoms with van der Waals surface area (Å²) in [4.78, 5) is 18.2. The number of halogens is 4. The Morgan fingerprint density at radius 1 is 1.25 bits per heavy atom. The highest BCUT2D eigenvalue weighted by atomic mass is 19.4. The van der Waals surface area contributed by atoms with Crippen LogP contribution in [0.4, 0.5) is 23.4 Å². The molecule has 3 aromatic rings. The number of alkyl halides is 3. The van der Waals surface area contributed by atoms with Crippen LogP contribution in [0.15, 0.2) is 42.7 Å². The summed E-state index contributed by atoms with van der Waals surface area (Å²) < 4.78 is 66.9. The van der Waals surface area contributed by atoms with Crippen LogP contribution in [0.5, 0.6) is 11.8 Å². The molecule has 0 unspecified atom stereocenters. The first-order valence-corrected chi connectivity index (χ1v) is 9.14. The lowest BCUT2D eigenvalue weighted by Gasteiger charge is -2.22. The third-order valence-electron chi connectivity index (χ3n) is 4.50. The van der Waals surface area contributed by atoms with Gasteiger partial charge in [0.25, 0.3) is 0 Å². The first-order valence-electron chi connectivity index (χ1n) is 9.14. The maximum Gasteiger partial charge on any atom is 0.573 e. The van der Waals surface area contributed by atoms with Gasteiger partial charge < -0.3 is 24.3 Å². The number of imidazole rings is 1. The summed E-state index contributed by atoms with van der Waals surface area (Å²) in [6.07, 6.45) is -2.66. The molecule has 0 radical (unpaired) electrons. The average molecular weight is 454 g/mol. The van der Waals surface area contributed by atoms with Gasteiger partial charge in [0.1, 0.15) is 18.9 Å². The van der Waals surface area contributed by atoms with E-state index < -0.39 is 22.9 Å². The van der Waals surface area contributed by atoms with Gasteiger partial charge in [-0.05, 0) is 28.7 Å². The van der Waals surface area contributed by atoms with Crippen LogP contribution in [0.1, 0.15) is 5.69 Å². The smallest absolute Gasteiger partial charge is 0.443 e. The topological polar surface area (TPSA) is 102 Å². The van der Waals surface area contributed by atoms with Crippen molar-refractivity contribution in [1.29, 1.82) is 0 Å². The number of hydrogen-bond donors (Lipinski definition) is 0. The van der Waals surface area contributed by atoms with E-state index in [1.807, 2.05) is 0 Å². The van der Waals surface area contributed by atoms with Crippen molar-refractivity contribution in [2.75, 3.05) is 6.61 Å². The maximum atomic E-state index is 13.9. The third kappa shape index (κ3) is 4.94. The number of benzene rings is 1. The lowest BCUT2D eigenvalue weighted by molar-refractivity contribution is -0.389. The van der Waals surface area contributed by atoms with E-state index >= 15 is 0 Å². The predicted molar refractivity (Wildman–Crippen MR) is 99.3 cm³/mol. The van der Waals surface area contributed by atoms with Gasteiger partial charge in [0, 0.05) is 16.7 Å². The molecule has 0 aliphatic carbocycles. The molecule has 168 valence electrons. The molecule has 32 heavy (non-hydrogen) atoms. The highest BCUT2D eigenvalue weighted by Gasteiger charge is 2.32. The Labute approximate surface area is 177 Å². The van der Waals surface area contributed by atoms with E-state index in [0.29, 0.717) is 23.4 Å². The Bertz CT molecular complexity index is 1130. The average Bonchev–Trinajstić information content (AvgIpc) is 3.17. The van der Waals surface area contributed by atoms with E-state index in [0.717, 1.165) is 12.1 Å². The lowest BCUT2D eigenvalue weighted by Crippen LogP contribution is -2.32. The molecular weight excluding hydrogens is 440 g/mol. The van der Waals surface area contributed by atoms with Crippen LogP contribution in [-0.4, -0.2) is 38.5 Å². The first-order chi connectivity index (χ1) is 15.2. The molecule has 1 aliphatic heterocycles. The van der Waals surface area contributed by atoms with Gasteiger partial charge in [-0.3, -0.25) is 9.55 Å². The van der Waals surface area contributed by atoms with Gasteiger partial charge in [-0.25, -0.2) is 4.39 Å². The predicted octanol–water partition coefficient (Wildman–Crippen LogP) is 3.87. The van der Waals surface area contributed by atoms with Crippen molar-refractivity contribution >= 4 is 5.82 Å². The molecule has 9 nitrogen and oxygen atoms in total. The monoisotopic (exact) mass is 454 g/mol. The molecule has 0 saturated heterocycles. The molecule has 13 heteroatoms. The molecule has 1 aliphatic rings. The minimum atomic E-state index is -4.98. The summed E-state index contributed by atoms with van der Waals surface area (Å²) in [6, 6.07) is 6.52. The van der Waals surface area contributed by atoms with Gasteiger partial charge in [-0.1, -0.05) is 12.1 Å². The van der Waals surface area contributed by atoms with Crippen molar-refractivity contribution in [2.24, 2.45) is 0 Å². The fraction of sp³-hybridized carbons (Fsp3) is 0.263. The van der Waals surface area contributed by atoms with Crippen molar-refractivity contribution < 1.29 is 36.7 Å². The molecule has 2 aromatic heterocycles. The fourth-order valence-electron chi connectivity index (χ4n) is 3.03. The van der Waals surface area contributed by atoms with Crippen LogP contribution >= 0.6 is 0 Å². The SMILES string of the molecule is O=[N+]([O-])c1cn2c(n1)OC[C@@H](OCc1ccc(-c3ccc(OC(F)(F)F)c(F)c3)cn1)C2. The van der Waals surface area contributed by atoms with Crippen molar-refractivity contribution in [3.63, 3.8) is 0 Å². The fourth-order valence-corrected chi connectivity index (χ4v) is 3.03. The summed E-state index contributed by atoms with van der Waals surface area (Å²) in [7, 11) is 0. The molecule has 1 atom stereocenters. The summed E-state index contributed by atoms with van der Waals surface area (Å²) in [6.45, 7) is 0.602. The maximum absolute atomic E-state index is 13.9. The van der Waals surface area contributed by atoms with Gasteiger partial charge in [-0.15, -0.1) is 13.2 Å². The number of fused-ring (bicyclic) bond motifs is 1. The molecule has 0 fully saturated rings. The van der Waals surface area contributed by atoms with Crippen molar-refractivity contribution in [1.82, 2.24) is 14.5 Å². The van der Waals surface area contributed by atoms with E-state index in [4.69, 9.17) is 9.47 Å². The number of rotatable bonds is 6. The molecule has 0 amide bonds. The molecule has 0 spiro atoms. The van der Waals surface area contributed by atoms with Gasteiger partial charge in [0.2, 0.25) is 0 Å².